The number of carbonyl (C=O) groups is 1. The number of amides is 1. The summed E-state index contributed by atoms with van der Waals surface area (Å²) < 4.78 is 6.69. The maximum absolute atomic E-state index is 11.6. The number of hydrogen-bond donors (Lipinski definition) is 1. The molecule has 1 unspecified atom stereocenters. The molecule has 0 saturated heterocycles. The highest BCUT2D eigenvalue weighted by molar-refractivity contribution is 5.75. The molecule has 0 bridgehead atoms. The Kier molecular flexibility index (Phi) is 3.54. The second-order valence-electron chi connectivity index (χ2n) is 3.85. The van der Waals surface area contributed by atoms with E-state index in [1.54, 1.807) is 6.26 Å². The van der Waals surface area contributed by atoms with Gasteiger partial charge in [-0.25, -0.2) is 9.67 Å². The summed E-state index contributed by atoms with van der Waals surface area (Å²) in [6, 6.07) is 3.75. The van der Waals surface area contributed by atoms with Crippen LogP contribution in [0.2, 0.25) is 0 Å². The molecule has 0 fully saturated rings. The second-order valence-corrected chi connectivity index (χ2v) is 3.85. The third-order valence-electron chi connectivity index (χ3n) is 2.27. The normalized spacial score (nSPS) is 12.3. The predicted octanol–water partition coefficient (Wildman–Crippen LogP) is 0.619. The van der Waals surface area contributed by atoms with Crippen molar-refractivity contribution in [2.24, 2.45) is 0 Å². The summed E-state index contributed by atoms with van der Waals surface area (Å²) in [5.41, 5.74) is 0. The van der Waals surface area contributed by atoms with Crippen LogP contribution in [0.15, 0.2) is 35.5 Å². The van der Waals surface area contributed by atoms with Crippen LogP contribution in [-0.2, 0) is 17.8 Å². The molecule has 6 nitrogen and oxygen atoms in total. The molecule has 0 aliphatic rings. The number of rotatable bonds is 5. The van der Waals surface area contributed by atoms with Crippen LogP contribution in [0, 0.1) is 0 Å². The van der Waals surface area contributed by atoms with Gasteiger partial charge in [0, 0.05) is 12.5 Å². The van der Waals surface area contributed by atoms with Gasteiger partial charge in [0.2, 0.25) is 5.91 Å². The molecule has 0 spiro atoms. The predicted molar refractivity (Wildman–Crippen MR) is 60.0 cm³/mol. The zero-order valence-corrected chi connectivity index (χ0v) is 9.54. The smallest absolute Gasteiger partial charge is 0.242 e. The van der Waals surface area contributed by atoms with Gasteiger partial charge < -0.3 is 9.73 Å². The van der Waals surface area contributed by atoms with Gasteiger partial charge in [-0.15, -0.1) is 0 Å². The van der Waals surface area contributed by atoms with E-state index >= 15 is 0 Å². The van der Waals surface area contributed by atoms with E-state index in [1.807, 2.05) is 19.1 Å². The summed E-state index contributed by atoms with van der Waals surface area (Å²) in [6.45, 7) is 2.12. The Bertz CT molecular complexity index is 450. The lowest BCUT2D eigenvalue weighted by Gasteiger charge is -2.12. The Labute approximate surface area is 98.6 Å². The lowest BCUT2D eigenvalue weighted by Crippen LogP contribution is -2.36. The van der Waals surface area contributed by atoms with E-state index in [4.69, 9.17) is 4.42 Å². The fourth-order valence-corrected chi connectivity index (χ4v) is 1.56. The summed E-state index contributed by atoms with van der Waals surface area (Å²) >= 11 is 0. The first-order valence-corrected chi connectivity index (χ1v) is 5.38. The van der Waals surface area contributed by atoms with E-state index in [1.165, 1.54) is 17.3 Å². The molecule has 2 aromatic heterocycles. The van der Waals surface area contributed by atoms with E-state index in [0.717, 1.165) is 5.76 Å². The van der Waals surface area contributed by atoms with E-state index < -0.39 is 0 Å². The van der Waals surface area contributed by atoms with Crippen LogP contribution < -0.4 is 5.32 Å². The summed E-state index contributed by atoms with van der Waals surface area (Å²) in [5, 5.41) is 6.73. The molecule has 17 heavy (non-hydrogen) atoms. The molecule has 0 saturated carbocycles. The van der Waals surface area contributed by atoms with Gasteiger partial charge in [-0.2, -0.15) is 5.10 Å². The van der Waals surface area contributed by atoms with Crippen molar-refractivity contribution < 1.29 is 9.21 Å². The van der Waals surface area contributed by atoms with Crippen molar-refractivity contribution in [3.8, 4) is 0 Å². The fourth-order valence-electron chi connectivity index (χ4n) is 1.56. The fraction of sp³-hybridized carbons (Fsp3) is 0.364. The number of carbonyl (C=O) groups excluding carboxylic acids is 1. The highest BCUT2D eigenvalue weighted by atomic mass is 16.3. The van der Waals surface area contributed by atoms with Gasteiger partial charge in [-0.3, -0.25) is 4.79 Å². The molecule has 6 heteroatoms. The number of aromatic nitrogens is 3. The first-order valence-electron chi connectivity index (χ1n) is 5.38. The molecule has 1 atom stereocenters. The lowest BCUT2D eigenvalue weighted by atomic mass is 10.2. The maximum atomic E-state index is 11.6. The van der Waals surface area contributed by atoms with Gasteiger partial charge in [-0.05, 0) is 19.1 Å². The molecule has 1 amide bonds. The zero-order chi connectivity index (χ0) is 12.1. The standard InChI is InChI=1S/C11H14N4O2/c1-9(5-10-3-2-4-17-10)14-11(16)6-15-8-12-7-13-15/h2-4,7-9H,5-6H2,1H3,(H,14,16). The minimum absolute atomic E-state index is 0.0252. The van der Waals surface area contributed by atoms with Crippen LogP contribution >= 0.6 is 0 Å². The van der Waals surface area contributed by atoms with Crippen molar-refractivity contribution in [1.82, 2.24) is 20.1 Å². The maximum Gasteiger partial charge on any atom is 0.242 e. The molecule has 0 aromatic carbocycles. The largest absolute Gasteiger partial charge is 0.469 e. The summed E-state index contributed by atoms with van der Waals surface area (Å²) in [4.78, 5) is 15.4. The third kappa shape index (κ3) is 3.44. The highest BCUT2D eigenvalue weighted by Crippen LogP contribution is 2.03. The van der Waals surface area contributed by atoms with Crippen molar-refractivity contribution in [3.05, 3.63) is 36.8 Å². The highest BCUT2D eigenvalue weighted by Gasteiger charge is 2.10. The topological polar surface area (TPSA) is 73.0 Å². The lowest BCUT2D eigenvalue weighted by molar-refractivity contribution is -0.122. The van der Waals surface area contributed by atoms with Gasteiger partial charge in [0.25, 0.3) is 0 Å². The molecular formula is C11H14N4O2. The Balaban J connectivity index is 1.78. The summed E-state index contributed by atoms with van der Waals surface area (Å²) in [5.74, 6) is 0.771. The van der Waals surface area contributed by atoms with E-state index in [2.05, 4.69) is 15.4 Å². The quantitative estimate of drug-likeness (QED) is 0.823. The minimum atomic E-state index is -0.0884. The Morgan fingerprint density at radius 3 is 3.18 bits per heavy atom. The van der Waals surface area contributed by atoms with Gasteiger partial charge in [0.15, 0.2) is 0 Å². The van der Waals surface area contributed by atoms with Crippen LogP contribution in [0.3, 0.4) is 0 Å². The average Bonchev–Trinajstić information content (AvgIpc) is 2.90. The van der Waals surface area contributed by atoms with Crippen molar-refractivity contribution in [3.63, 3.8) is 0 Å². The summed E-state index contributed by atoms with van der Waals surface area (Å²) in [7, 11) is 0. The number of furan rings is 1. The zero-order valence-electron chi connectivity index (χ0n) is 9.54. The number of nitrogens with one attached hydrogen (secondary N) is 1. The second kappa shape index (κ2) is 5.29. The van der Waals surface area contributed by atoms with E-state index in [0.29, 0.717) is 6.42 Å². The first kappa shape index (κ1) is 11.4. The minimum Gasteiger partial charge on any atom is -0.469 e. The van der Waals surface area contributed by atoms with Gasteiger partial charge in [-0.1, -0.05) is 0 Å². The SMILES string of the molecule is CC(Cc1ccco1)NC(=O)Cn1cncn1. The number of hydrogen-bond acceptors (Lipinski definition) is 4. The molecule has 0 radical (unpaired) electrons. The van der Waals surface area contributed by atoms with Crippen LogP contribution in [0.5, 0.6) is 0 Å². The van der Waals surface area contributed by atoms with Crippen molar-refractivity contribution in [1.29, 1.82) is 0 Å². The molecule has 2 aromatic rings. The Morgan fingerprint density at radius 2 is 2.53 bits per heavy atom. The van der Waals surface area contributed by atoms with Crippen molar-refractivity contribution in [2.75, 3.05) is 0 Å². The van der Waals surface area contributed by atoms with Crippen LogP contribution in [-0.4, -0.2) is 26.7 Å². The average molecular weight is 234 g/mol. The van der Waals surface area contributed by atoms with Crippen molar-refractivity contribution >= 4 is 5.91 Å². The van der Waals surface area contributed by atoms with Gasteiger partial charge >= 0.3 is 0 Å². The molecular weight excluding hydrogens is 220 g/mol. The Hall–Kier alpha value is -2.11. The molecule has 0 aliphatic carbocycles. The van der Waals surface area contributed by atoms with Crippen LogP contribution in [0.25, 0.3) is 0 Å². The molecule has 2 rings (SSSR count). The molecule has 1 N–H and O–H groups in total. The van der Waals surface area contributed by atoms with Gasteiger partial charge in [0.05, 0.1) is 6.26 Å². The van der Waals surface area contributed by atoms with Gasteiger partial charge in [0.1, 0.15) is 25.0 Å². The molecule has 2 heterocycles. The van der Waals surface area contributed by atoms with E-state index in [9.17, 15) is 4.79 Å². The van der Waals surface area contributed by atoms with E-state index in [-0.39, 0.29) is 18.5 Å². The summed E-state index contributed by atoms with van der Waals surface area (Å²) in [6.07, 6.45) is 5.21. The number of nitrogens with zero attached hydrogens (tertiary/aromatic N) is 3. The molecule has 90 valence electrons. The Morgan fingerprint density at radius 1 is 1.65 bits per heavy atom. The first-order chi connectivity index (χ1) is 8.24. The third-order valence-corrected chi connectivity index (χ3v) is 2.27. The monoisotopic (exact) mass is 234 g/mol. The van der Waals surface area contributed by atoms with Crippen molar-refractivity contribution in [2.45, 2.75) is 25.9 Å². The van der Waals surface area contributed by atoms with Crippen LogP contribution in [0.1, 0.15) is 12.7 Å². The van der Waals surface area contributed by atoms with Crippen LogP contribution in [0.4, 0.5) is 0 Å². The molecule has 0 aliphatic heterocycles.